The molecular weight excluding hydrogens is 297 g/mol. The molecule has 0 radical (unpaired) electrons. The highest BCUT2D eigenvalue weighted by Gasteiger charge is 2.32. The van der Waals surface area contributed by atoms with Gasteiger partial charge in [0.1, 0.15) is 11.3 Å². The molecule has 2 rings (SSSR count). The van der Waals surface area contributed by atoms with Gasteiger partial charge in [-0.25, -0.2) is 9.36 Å². The summed E-state index contributed by atoms with van der Waals surface area (Å²) in [6.07, 6.45) is -4.73. The molecule has 0 saturated heterocycles. The third-order valence-electron chi connectivity index (χ3n) is 2.54. The molecule has 0 unspecified atom stereocenters. The zero-order valence-corrected chi connectivity index (χ0v) is 10.4. The van der Waals surface area contributed by atoms with Crippen LogP contribution in [-0.2, 0) is 4.74 Å². The van der Waals surface area contributed by atoms with Crippen LogP contribution in [0.2, 0.25) is 0 Å². The van der Waals surface area contributed by atoms with Gasteiger partial charge in [0.25, 0.3) is 5.69 Å². The lowest BCUT2D eigenvalue weighted by atomic mass is 10.2. The Morgan fingerprint density at radius 2 is 2.05 bits per heavy atom. The number of non-ortho nitro benzene ring substituents is 1. The number of fused-ring (bicyclic) bond motifs is 1. The molecule has 0 bridgehead atoms. The number of carbonyl (C=O) groups is 1. The lowest BCUT2D eigenvalue weighted by Gasteiger charge is -2.09. The third-order valence-corrected chi connectivity index (χ3v) is 2.54. The highest BCUT2D eigenvalue weighted by atomic mass is 19.4. The molecule has 0 aliphatic heterocycles. The molecular formula is C11H7F3N2O5. The fraction of sp³-hybridized carbons (Fsp3) is 0.182. The average Bonchev–Trinajstić information content (AvgIpc) is 2.78. The van der Waals surface area contributed by atoms with E-state index in [9.17, 15) is 28.1 Å². The van der Waals surface area contributed by atoms with Gasteiger partial charge in [0.05, 0.1) is 18.1 Å². The average molecular weight is 304 g/mol. The van der Waals surface area contributed by atoms with Crippen molar-refractivity contribution >= 4 is 22.7 Å². The molecule has 0 atom stereocenters. The maximum absolute atomic E-state index is 12.2. The van der Waals surface area contributed by atoms with Crippen LogP contribution in [0.4, 0.5) is 23.7 Å². The zero-order valence-electron chi connectivity index (χ0n) is 10.4. The van der Waals surface area contributed by atoms with Crippen molar-refractivity contribution in [2.45, 2.75) is 6.36 Å². The number of alkyl halides is 3. The molecule has 2 aromatic rings. The molecule has 0 aliphatic carbocycles. The number of hydrogen-bond acceptors (Lipinski definition) is 5. The smallest absolute Gasteiger partial charge is 0.452 e. The van der Waals surface area contributed by atoms with E-state index in [0.29, 0.717) is 6.07 Å². The summed E-state index contributed by atoms with van der Waals surface area (Å²) in [7, 11) is 1.07. The molecule has 0 amide bonds. The monoisotopic (exact) mass is 304 g/mol. The fourth-order valence-electron chi connectivity index (χ4n) is 1.82. The van der Waals surface area contributed by atoms with Crippen molar-refractivity contribution in [3.05, 3.63) is 34.5 Å². The number of benzene rings is 1. The summed E-state index contributed by atoms with van der Waals surface area (Å²) >= 11 is 0. The van der Waals surface area contributed by atoms with E-state index >= 15 is 0 Å². The van der Waals surface area contributed by atoms with Crippen molar-refractivity contribution in [2.75, 3.05) is 7.11 Å². The van der Waals surface area contributed by atoms with E-state index < -0.39 is 28.8 Å². The number of nitro groups is 1. The number of halogens is 3. The van der Waals surface area contributed by atoms with Gasteiger partial charge in [-0.15, -0.1) is 13.2 Å². The fourth-order valence-corrected chi connectivity index (χ4v) is 1.82. The minimum absolute atomic E-state index is 0.0360. The molecule has 0 spiro atoms. The van der Waals surface area contributed by atoms with Gasteiger partial charge < -0.3 is 9.47 Å². The van der Waals surface area contributed by atoms with Crippen LogP contribution in [0.3, 0.4) is 0 Å². The molecule has 1 aromatic heterocycles. The lowest BCUT2D eigenvalue weighted by Crippen LogP contribution is -2.17. The molecule has 1 aromatic carbocycles. The van der Waals surface area contributed by atoms with Crippen LogP contribution in [0, 0.1) is 10.1 Å². The topological polar surface area (TPSA) is 83.6 Å². The number of rotatable bonds is 2. The standard InChI is InChI=1S/C11H7F3N2O5/c1-20-10(17)15-3-2-6-4-7(21-11(12,13)14)5-8(9(6)15)16(18)19/h2-5H,1H3. The highest BCUT2D eigenvalue weighted by Crippen LogP contribution is 2.34. The van der Waals surface area contributed by atoms with Crippen LogP contribution in [0.5, 0.6) is 5.75 Å². The van der Waals surface area contributed by atoms with Gasteiger partial charge in [-0.2, -0.15) is 0 Å². The minimum atomic E-state index is -4.98. The summed E-state index contributed by atoms with van der Waals surface area (Å²) < 4.78 is 45.5. The maximum atomic E-state index is 12.2. The number of carbonyl (C=O) groups excluding carboxylic acids is 1. The zero-order chi connectivity index (χ0) is 15.8. The van der Waals surface area contributed by atoms with Crippen LogP contribution in [-0.4, -0.2) is 29.1 Å². The van der Waals surface area contributed by atoms with Crippen molar-refractivity contribution in [3.63, 3.8) is 0 Å². The van der Waals surface area contributed by atoms with E-state index in [1.54, 1.807) is 0 Å². The second kappa shape index (κ2) is 4.96. The Balaban J connectivity index is 2.67. The lowest BCUT2D eigenvalue weighted by molar-refractivity contribution is -0.383. The Morgan fingerprint density at radius 3 is 2.57 bits per heavy atom. The highest BCUT2D eigenvalue weighted by molar-refractivity contribution is 5.96. The number of hydrogen-bond donors (Lipinski definition) is 0. The summed E-state index contributed by atoms with van der Waals surface area (Å²) in [6, 6.07) is 2.77. The summed E-state index contributed by atoms with van der Waals surface area (Å²) in [6.45, 7) is 0. The second-order valence-electron chi connectivity index (χ2n) is 3.84. The molecule has 21 heavy (non-hydrogen) atoms. The molecule has 112 valence electrons. The first-order valence-corrected chi connectivity index (χ1v) is 5.36. The van der Waals surface area contributed by atoms with E-state index in [1.807, 2.05) is 0 Å². The number of methoxy groups -OCH3 is 1. The number of ether oxygens (including phenoxy) is 2. The summed E-state index contributed by atoms with van der Waals surface area (Å²) in [4.78, 5) is 21.6. The van der Waals surface area contributed by atoms with Gasteiger partial charge in [0.15, 0.2) is 0 Å². The van der Waals surface area contributed by atoms with Gasteiger partial charge in [-0.05, 0) is 12.1 Å². The second-order valence-corrected chi connectivity index (χ2v) is 3.84. The van der Waals surface area contributed by atoms with Crippen molar-refractivity contribution < 1.29 is 32.4 Å². The minimum Gasteiger partial charge on any atom is -0.452 e. The van der Waals surface area contributed by atoms with E-state index in [1.165, 1.54) is 6.07 Å². The molecule has 10 heteroatoms. The molecule has 0 fully saturated rings. The Kier molecular flexibility index (Phi) is 3.45. The van der Waals surface area contributed by atoms with E-state index in [2.05, 4.69) is 9.47 Å². The molecule has 0 saturated carbocycles. The van der Waals surface area contributed by atoms with Crippen molar-refractivity contribution in [1.29, 1.82) is 0 Å². The third kappa shape index (κ3) is 2.88. The van der Waals surface area contributed by atoms with Crippen LogP contribution in [0.25, 0.3) is 10.9 Å². The maximum Gasteiger partial charge on any atom is 0.573 e. The number of nitro benzene ring substituents is 1. The normalized spacial score (nSPS) is 11.4. The Bertz CT molecular complexity index is 722. The Hall–Kier alpha value is -2.78. The van der Waals surface area contributed by atoms with Crippen LogP contribution in [0.15, 0.2) is 24.4 Å². The molecule has 0 N–H and O–H groups in total. The van der Waals surface area contributed by atoms with Gasteiger partial charge in [-0.1, -0.05) is 0 Å². The quantitative estimate of drug-likeness (QED) is 0.629. The molecule has 7 nitrogen and oxygen atoms in total. The van der Waals surface area contributed by atoms with Crippen molar-refractivity contribution in [2.24, 2.45) is 0 Å². The van der Waals surface area contributed by atoms with Gasteiger partial charge in [-0.3, -0.25) is 10.1 Å². The first-order chi connectivity index (χ1) is 9.73. The van der Waals surface area contributed by atoms with Crippen LogP contribution >= 0.6 is 0 Å². The van der Waals surface area contributed by atoms with Crippen molar-refractivity contribution in [1.82, 2.24) is 4.57 Å². The van der Waals surface area contributed by atoms with Crippen LogP contribution < -0.4 is 4.74 Å². The summed E-state index contributed by atoms with van der Waals surface area (Å²) in [5.74, 6) is -0.746. The van der Waals surface area contributed by atoms with Gasteiger partial charge in [0.2, 0.25) is 0 Å². The SMILES string of the molecule is COC(=O)n1ccc2cc(OC(F)(F)F)cc([N+](=O)[O-])c21. The first-order valence-electron chi connectivity index (χ1n) is 5.36. The van der Waals surface area contributed by atoms with Gasteiger partial charge >= 0.3 is 12.5 Å². The van der Waals surface area contributed by atoms with Crippen molar-refractivity contribution in [3.8, 4) is 5.75 Å². The van der Waals surface area contributed by atoms with E-state index in [4.69, 9.17) is 0 Å². The Morgan fingerprint density at radius 1 is 1.38 bits per heavy atom. The molecule has 1 heterocycles. The predicted octanol–water partition coefficient (Wildman–Crippen LogP) is 3.06. The number of aromatic nitrogens is 1. The van der Waals surface area contributed by atoms with E-state index in [-0.39, 0.29) is 10.9 Å². The largest absolute Gasteiger partial charge is 0.573 e. The summed E-state index contributed by atoms with van der Waals surface area (Å²) in [5.41, 5.74) is -0.886. The first kappa shape index (κ1) is 14.6. The number of nitrogens with zero attached hydrogens (tertiary/aromatic N) is 2. The Labute approximate surface area is 114 Å². The summed E-state index contributed by atoms with van der Waals surface area (Å²) in [5, 5.41) is 11.0. The molecule has 0 aliphatic rings. The van der Waals surface area contributed by atoms with Crippen LogP contribution in [0.1, 0.15) is 0 Å². The van der Waals surface area contributed by atoms with E-state index in [0.717, 1.165) is 23.9 Å². The predicted molar refractivity (Wildman–Crippen MR) is 63.1 cm³/mol. The van der Waals surface area contributed by atoms with Gasteiger partial charge in [0, 0.05) is 11.6 Å².